The Bertz CT molecular complexity index is 646. The average Bonchev–Trinajstić information content (AvgIpc) is 3.08. The van der Waals surface area contributed by atoms with E-state index in [0.29, 0.717) is 0 Å². The molecule has 0 radical (unpaired) electrons. The van der Waals surface area contributed by atoms with Gasteiger partial charge >= 0.3 is 0 Å². The van der Waals surface area contributed by atoms with Crippen molar-refractivity contribution in [2.75, 3.05) is 0 Å². The molecule has 1 N–H and O–H groups in total. The van der Waals surface area contributed by atoms with Crippen molar-refractivity contribution in [1.29, 1.82) is 0 Å². The quantitative estimate of drug-likeness (QED) is 0.697. The maximum Gasteiger partial charge on any atom is 0.0812 e. The van der Waals surface area contributed by atoms with Crippen molar-refractivity contribution < 1.29 is 0 Å². The van der Waals surface area contributed by atoms with E-state index in [1.807, 2.05) is 61.1 Å². The van der Waals surface area contributed by atoms with Crippen LogP contribution >= 0.6 is 11.3 Å². The zero-order chi connectivity index (χ0) is 13.5. The van der Waals surface area contributed by atoms with Crippen molar-refractivity contribution in [3.05, 3.63) is 66.0 Å². The minimum atomic E-state index is 1.10. The number of allylic oxidation sites excluding steroid dienone is 1. The Morgan fingerprint density at radius 1 is 1.26 bits per heavy atom. The van der Waals surface area contributed by atoms with Crippen LogP contribution in [0.3, 0.4) is 0 Å². The van der Waals surface area contributed by atoms with Crippen LogP contribution in [0.4, 0.5) is 0 Å². The largest absolute Gasteiger partial charge is 0.361 e. The monoisotopic (exact) mass is 268 g/mol. The molecular weight excluding hydrogens is 252 g/mol. The lowest BCUT2D eigenvalue weighted by molar-refractivity contribution is 1.37. The van der Waals surface area contributed by atoms with Gasteiger partial charge in [-0.05, 0) is 36.8 Å². The predicted octanol–water partition coefficient (Wildman–Crippen LogP) is 4.99. The number of hydrogen-bond donors (Lipinski definition) is 1. The Kier molecular flexibility index (Phi) is 4.70. The van der Waals surface area contributed by atoms with E-state index in [4.69, 9.17) is 0 Å². The van der Waals surface area contributed by atoms with Gasteiger partial charge in [-0.25, -0.2) is 4.98 Å². The van der Waals surface area contributed by atoms with Gasteiger partial charge in [0.2, 0.25) is 0 Å². The van der Waals surface area contributed by atoms with Crippen LogP contribution in [0.25, 0.3) is 22.4 Å². The second-order valence-electron chi connectivity index (χ2n) is 3.87. The molecule has 0 bridgehead atoms. The molecule has 0 saturated heterocycles. The van der Waals surface area contributed by atoms with Crippen LogP contribution in [0.15, 0.2) is 54.7 Å². The molecule has 0 saturated carbocycles. The fraction of sp³-hybridized carbons (Fsp3) is 0.0625. The number of aromatic nitrogens is 2. The molecule has 2 aromatic heterocycles. The highest BCUT2D eigenvalue weighted by Gasteiger charge is 1.92. The van der Waals surface area contributed by atoms with Crippen LogP contribution in [-0.4, -0.2) is 9.97 Å². The first kappa shape index (κ1) is 13.3. The van der Waals surface area contributed by atoms with E-state index in [1.54, 1.807) is 11.3 Å². The zero-order valence-electron chi connectivity index (χ0n) is 10.8. The Morgan fingerprint density at radius 3 is 2.84 bits per heavy atom. The average molecular weight is 268 g/mol. The van der Waals surface area contributed by atoms with Gasteiger partial charge in [0.1, 0.15) is 0 Å². The summed E-state index contributed by atoms with van der Waals surface area (Å²) in [6.07, 6.45) is 7.77. The summed E-state index contributed by atoms with van der Waals surface area (Å²) in [6, 6.07) is 10.1. The van der Waals surface area contributed by atoms with Crippen LogP contribution in [0.5, 0.6) is 0 Å². The first-order valence-electron chi connectivity index (χ1n) is 6.06. The van der Waals surface area contributed by atoms with Crippen LogP contribution in [-0.2, 0) is 0 Å². The smallest absolute Gasteiger partial charge is 0.0812 e. The molecule has 3 heteroatoms. The van der Waals surface area contributed by atoms with Gasteiger partial charge in [0.25, 0.3) is 0 Å². The normalized spacial score (nSPS) is 10.4. The molecule has 0 amide bonds. The number of hydrogen-bond acceptors (Lipinski definition) is 2. The van der Waals surface area contributed by atoms with Crippen molar-refractivity contribution in [3.63, 3.8) is 0 Å². The van der Waals surface area contributed by atoms with Gasteiger partial charge in [0.05, 0.1) is 15.7 Å². The topological polar surface area (TPSA) is 28.7 Å². The van der Waals surface area contributed by atoms with E-state index in [2.05, 4.69) is 22.6 Å². The van der Waals surface area contributed by atoms with Gasteiger partial charge in [0.15, 0.2) is 0 Å². The molecule has 96 valence electrons. The third-order valence-corrected chi connectivity index (χ3v) is 3.41. The number of nitrogens with zero attached hydrogens (tertiary/aromatic N) is 1. The number of benzene rings is 1. The van der Waals surface area contributed by atoms with Gasteiger partial charge < -0.3 is 4.98 Å². The zero-order valence-corrected chi connectivity index (χ0v) is 11.7. The van der Waals surface area contributed by atoms with Crippen molar-refractivity contribution >= 4 is 33.7 Å². The summed E-state index contributed by atoms with van der Waals surface area (Å²) >= 11 is 1.68. The highest BCUT2D eigenvalue weighted by Crippen LogP contribution is 2.15. The number of para-hydroxylation sites is 1. The highest BCUT2D eigenvalue weighted by molar-refractivity contribution is 7.16. The number of H-pyrrole nitrogens is 1. The number of thiazole rings is 1. The second kappa shape index (κ2) is 6.71. The van der Waals surface area contributed by atoms with Crippen molar-refractivity contribution in [2.24, 2.45) is 0 Å². The van der Waals surface area contributed by atoms with E-state index in [-0.39, 0.29) is 0 Å². The Balaban J connectivity index is 0.000000141. The van der Waals surface area contributed by atoms with E-state index in [9.17, 15) is 0 Å². The third kappa shape index (κ3) is 3.42. The first-order chi connectivity index (χ1) is 9.35. The Morgan fingerprint density at radius 2 is 2.11 bits per heavy atom. The number of fused-ring (bicyclic) bond motifs is 1. The molecule has 0 aliphatic heterocycles. The first-order valence-corrected chi connectivity index (χ1v) is 6.94. The molecule has 0 aliphatic rings. The summed E-state index contributed by atoms with van der Waals surface area (Å²) in [5, 5.41) is 0. The lowest BCUT2D eigenvalue weighted by Gasteiger charge is -1.88. The van der Waals surface area contributed by atoms with E-state index in [1.165, 1.54) is 4.70 Å². The van der Waals surface area contributed by atoms with Gasteiger partial charge in [-0.15, -0.1) is 11.3 Å². The second-order valence-corrected chi connectivity index (χ2v) is 4.76. The summed E-state index contributed by atoms with van der Waals surface area (Å²) in [7, 11) is 0. The highest BCUT2D eigenvalue weighted by atomic mass is 32.1. The molecule has 3 aromatic rings. The summed E-state index contributed by atoms with van der Waals surface area (Å²) in [4.78, 5) is 7.24. The molecule has 2 heterocycles. The van der Waals surface area contributed by atoms with Crippen molar-refractivity contribution in [1.82, 2.24) is 9.97 Å². The van der Waals surface area contributed by atoms with E-state index < -0.39 is 0 Å². The minimum Gasteiger partial charge on any atom is -0.361 e. The maximum atomic E-state index is 4.14. The maximum absolute atomic E-state index is 4.14. The lowest BCUT2D eigenvalue weighted by atomic mass is 10.2. The molecular formula is C16H16N2S. The van der Waals surface area contributed by atoms with Crippen LogP contribution in [0.1, 0.15) is 18.2 Å². The summed E-state index contributed by atoms with van der Waals surface area (Å²) < 4.78 is 1.26. The van der Waals surface area contributed by atoms with Gasteiger partial charge in [-0.1, -0.05) is 30.9 Å². The van der Waals surface area contributed by atoms with Crippen LogP contribution in [0.2, 0.25) is 0 Å². The molecule has 19 heavy (non-hydrogen) atoms. The molecule has 3 rings (SSSR count). The SMILES string of the molecule is C=Cc1cc[nH]c1/C=C\C.c1ccc2scnc2c1. The van der Waals surface area contributed by atoms with E-state index in [0.717, 1.165) is 16.8 Å². The van der Waals surface area contributed by atoms with Crippen molar-refractivity contribution in [2.45, 2.75) is 6.92 Å². The summed E-state index contributed by atoms with van der Waals surface area (Å²) in [5.41, 5.74) is 5.24. The standard InChI is InChI=1S/C9H11N.C7H5NS/c1-3-5-9-8(4-2)6-7-10-9;1-2-4-7-6(3-1)8-5-9-7/h3-7,10H,2H2,1H3;1-5H/b5-3-;. The minimum absolute atomic E-state index is 1.10. The fourth-order valence-electron chi connectivity index (χ4n) is 1.69. The van der Waals surface area contributed by atoms with Crippen molar-refractivity contribution in [3.8, 4) is 0 Å². The Labute approximate surface area is 117 Å². The van der Waals surface area contributed by atoms with Crippen LogP contribution in [0, 0.1) is 0 Å². The number of nitrogens with one attached hydrogen (secondary N) is 1. The molecule has 0 fully saturated rings. The molecule has 0 atom stereocenters. The molecule has 2 nitrogen and oxygen atoms in total. The van der Waals surface area contributed by atoms with Gasteiger partial charge in [-0.3, -0.25) is 0 Å². The molecule has 0 aliphatic carbocycles. The lowest BCUT2D eigenvalue weighted by Crippen LogP contribution is -1.72. The fourth-order valence-corrected chi connectivity index (χ4v) is 2.37. The molecule has 0 spiro atoms. The van der Waals surface area contributed by atoms with Gasteiger partial charge in [0, 0.05) is 11.9 Å². The third-order valence-electron chi connectivity index (χ3n) is 2.60. The number of aromatic amines is 1. The number of rotatable bonds is 2. The van der Waals surface area contributed by atoms with E-state index >= 15 is 0 Å². The summed E-state index contributed by atoms with van der Waals surface area (Å²) in [5.74, 6) is 0. The van der Waals surface area contributed by atoms with Gasteiger partial charge in [-0.2, -0.15) is 0 Å². The molecule has 1 aromatic carbocycles. The van der Waals surface area contributed by atoms with Crippen LogP contribution < -0.4 is 0 Å². The predicted molar refractivity (Wildman–Crippen MR) is 85.2 cm³/mol. The molecule has 0 unspecified atom stereocenters. The Hall–Kier alpha value is -2.13. The summed E-state index contributed by atoms with van der Waals surface area (Å²) in [6.45, 7) is 5.69.